The van der Waals surface area contributed by atoms with Crippen LogP contribution in [-0.2, 0) is 10.1 Å². The first-order valence-corrected chi connectivity index (χ1v) is 8.49. The third kappa shape index (κ3) is 6.56. The minimum Gasteiger partial charge on any atom is -0.744 e. The van der Waals surface area contributed by atoms with Crippen LogP contribution in [0.15, 0.2) is 29.2 Å². The van der Waals surface area contributed by atoms with Crippen molar-refractivity contribution in [3.63, 3.8) is 0 Å². The van der Waals surface area contributed by atoms with Gasteiger partial charge in [0.15, 0.2) is 0 Å². The van der Waals surface area contributed by atoms with Gasteiger partial charge in [0.2, 0.25) is 0 Å². The molecule has 1 saturated heterocycles. The van der Waals surface area contributed by atoms with Crippen LogP contribution in [0.4, 0.5) is 0 Å². The van der Waals surface area contributed by atoms with Crippen LogP contribution in [0.5, 0.6) is 0 Å². The topological polar surface area (TPSA) is 57.2 Å². The lowest BCUT2D eigenvalue weighted by Crippen LogP contribution is -2.60. The van der Waals surface area contributed by atoms with E-state index in [0.29, 0.717) is 0 Å². The Hall–Kier alpha value is -0.950. The fraction of sp³-hybridized carbons (Fsp3) is 0.600. The predicted octanol–water partition coefficient (Wildman–Crippen LogP) is 1.05. The van der Waals surface area contributed by atoms with E-state index < -0.39 is 10.1 Å². The summed E-state index contributed by atoms with van der Waals surface area (Å²) >= 11 is 0. The number of likely N-dealkylation sites (N-methyl/N-ethyl adjacent to an activating group) is 2. The van der Waals surface area contributed by atoms with Crippen LogP contribution < -0.4 is 0 Å². The molecule has 1 aromatic carbocycles. The zero-order chi connectivity index (χ0) is 16.3. The molecule has 0 amide bonds. The van der Waals surface area contributed by atoms with Gasteiger partial charge in [0.1, 0.15) is 36.3 Å². The Kier molecular flexibility index (Phi) is 5.55. The van der Waals surface area contributed by atoms with Gasteiger partial charge in [-0.1, -0.05) is 17.7 Å². The molecule has 0 spiro atoms. The number of quaternary nitrogens is 2. The fourth-order valence-electron chi connectivity index (χ4n) is 2.01. The van der Waals surface area contributed by atoms with Gasteiger partial charge >= 0.3 is 0 Å². The highest BCUT2D eigenvalue weighted by Gasteiger charge is 2.30. The third-order valence-corrected chi connectivity index (χ3v) is 4.78. The van der Waals surface area contributed by atoms with E-state index in [-0.39, 0.29) is 4.90 Å². The molecule has 6 heteroatoms. The molecule has 120 valence electrons. The second-order valence-electron chi connectivity index (χ2n) is 7.03. The van der Waals surface area contributed by atoms with E-state index in [0.717, 1.165) is 5.56 Å². The lowest BCUT2D eigenvalue weighted by Gasteiger charge is -2.42. The van der Waals surface area contributed by atoms with Gasteiger partial charge in [-0.3, -0.25) is 0 Å². The first-order chi connectivity index (χ1) is 9.41. The van der Waals surface area contributed by atoms with E-state index in [4.69, 9.17) is 0 Å². The third-order valence-electron chi connectivity index (χ3n) is 3.93. The van der Waals surface area contributed by atoms with Crippen molar-refractivity contribution in [2.45, 2.75) is 11.8 Å². The smallest absolute Gasteiger partial charge is 0.128 e. The molecule has 0 saturated carbocycles. The molecular formula is C15H27N2O3S+. The van der Waals surface area contributed by atoms with Crippen LogP contribution in [0.3, 0.4) is 0 Å². The lowest BCUT2D eigenvalue weighted by atomic mass is 10.2. The van der Waals surface area contributed by atoms with Gasteiger partial charge in [0.05, 0.1) is 33.1 Å². The predicted molar refractivity (Wildman–Crippen MR) is 82.8 cm³/mol. The molecule has 1 aliphatic heterocycles. The quantitative estimate of drug-likeness (QED) is 0.575. The Morgan fingerprint density at radius 1 is 0.857 bits per heavy atom. The maximum absolute atomic E-state index is 10.4. The van der Waals surface area contributed by atoms with E-state index in [9.17, 15) is 13.0 Å². The van der Waals surface area contributed by atoms with Crippen LogP contribution >= 0.6 is 0 Å². The average Bonchev–Trinajstić information content (AvgIpc) is 2.34. The second-order valence-corrected chi connectivity index (χ2v) is 8.41. The van der Waals surface area contributed by atoms with Crippen LogP contribution in [0.2, 0.25) is 0 Å². The standard InChI is InChI=1S/C8H20N2.C7H8O3S/c1-9(2)5-7-10(3,4)8-6-9;1-6-2-4-7(5-3-6)11(8,9)10/h5-8H2,1-4H3;2-5H,1H3,(H,8,9,10)/q+2;/p-1. The maximum atomic E-state index is 10.4. The highest BCUT2D eigenvalue weighted by atomic mass is 32.2. The van der Waals surface area contributed by atoms with Crippen molar-refractivity contribution in [1.29, 1.82) is 0 Å². The SMILES string of the molecule is C[N+]1(C)CC[N+](C)(C)CC1.Cc1ccc(S(=O)(=O)[O-])cc1. The molecule has 0 unspecified atom stereocenters. The molecule has 0 atom stereocenters. The molecule has 0 N–H and O–H groups in total. The molecule has 5 nitrogen and oxygen atoms in total. The van der Waals surface area contributed by atoms with Crippen LogP contribution in [-0.4, -0.2) is 76.3 Å². The van der Waals surface area contributed by atoms with E-state index >= 15 is 0 Å². The molecule has 0 radical (unpaired) electrons. The monoisotopic (exact) mass is 315 g/mol. The van der Waals surface area contributed by atoms with Gasteiger partial charge in [0, 0.05) is 0 Å². The van der Waals surface area contributed by atoms with Gasteiger partial charge in [0.25, 0.3) is 0 Å². The second kappa shape index (κ2) is 6.44. The van der Waals surface area contributed by atoms with Crippen molar-refractivity contribution in [3.05, 3.63) is 29.8 Å². The zero-order valence-corrected chi connectivity index (χ0v) is 14.5. The summed E-state index contributed by atoms with van der Waals surface area (Å²) in [7, 11) is 5.00. The molecule has 0 aliphatic carbocycles. The van der Waals surface area contributed by atoms with Crippen molar-refractivity contribution >= 4 is 10.1 Å². The number of nitrogens with zero attached hydrogens (tertiary/aromatic N) is 2. The van der Waals surface area contributed by atoms with E-state index in [1.807, 2.05) is 6.92 Å². The molecule has 0 bridgehead atoms. The van der Waals surface area contributed by atoms with Crippen LogP contribution in [0, 0.1) is 6.92 Å². The van der Waals surface area contributed by atoms with E-state index in [2.05, 4.69) is 28.2 Å². The highest BCUT2D eigenvalue weighted by Crippen LogP contribution is 2.10. The summed E-state index contributed by atoms with van der Waals surface area (Å²) in [6.45, 7) is 7.13. The molecule has 21 heavy (non-hydrogen) atoms. The minimum atomic E-state index is -4.27. The molecular weight excluding hydrogens is 288 g/mol. The number of hydrogen-bond acceptors (Lipinski definition) is 3. The first kappa shape index (κ1) is 18.1. The van der Waals surface area contributed by atoms with Gasteiger partial charge < -0.3 is 13.5 Å². The number of rotatable bonds is 1. The largest absolute Gasteiger partial charge is 0.744 e. The first-order valence-electron chi connectivity index (χ1n) is 7.08. The normalized spacial score (nSPS) is 20.3. The molecule has 1 aliphatic rings. The Morgan fingerprint density at radius 3 is 1.48 bits per heavy atom. The van der Waals surface area contributed by atoms with Gasteiger partial charge in [-0.2, -0.15) is 0 Å². The Labute approximate surface area is 128 Å². The highest BCUT2D eigenvalue weighted by molar-refractivity contribution is 7.85. The summed E-state index contributed by atoms with van der Waals surface area (Å²) in [5.41, 5.74) is 0.928. The van der Waals surface area contributed by atoms with Gasteiger partial charge in [-0.25, -0.2) is 8.42 Å². The molecule has 1 fully saturated rings. The Balaban J connectivity index is 0.000000211. The number of benzene rings is 1. The van der Waals surface area contributed by atoms with Crippen LogP contribution in [0.25, 0.3) is 0 Å². The summed E-state index contributed by atoms with van der Waals surface area (Å²) in [4.78, 5) is -0.178. The summed E-state index contributed by atoms with van der Waals surface area (Å²) in [5.74, 6) is 0. The molecule has 1 aromatic rings. The van der Waals surface area contributed by atoms with Crippen molar-refractivity contribution < 1.29 is 21.9 Å². The molecule has 1 heterocycles. The molecule has 0 aromatic heterocycles. The average molecular weight is 315 g/mol. The summed E-state index contributed by atoms with van der Waals surface area (Å²) in [6, 6.07) is 5.78. The van der Waals surface area contributed by atoms with E-state index in [1.54, 1.807) is 12.1 Å². The fourth-order valence-corrected chi connectivity index (χ4v) is 2.48. The summed E-state index contributed by atoms with van der Waals surface area (Å²) in [6.07, 6.45) is 0. The van der Waals surface area contributed by atoms with E-state index in [1.165, 1.54) is 47.3 Å². The van der Waals surface area contributed by atoms with Crippen molar-refractivity contribution in [2.75, 3.05) is 54.4 Å². The van der Waals surface area contributed by atoms with Crippen LogP contribution in [0.1, 0.15) is 5.56 Å². The summed E-state index contributed by atoms with van der Waals surface area (Å²) < 4.78 is 33.6. The maximum Gasteiger partial charge on any atom is 0.128 e. The lowest BCUT2D eigenvalue weighted by molar-refractivity contribution is -0.998. The van der Waals surface area contributed by atoms with Crippen molar-refractivity contribution in [1.82, 2.24) is 0 Å². The van der Waals surface area contributed by atoms with Crippen molar-refractivity contribution in [2.24, 2.45) is 0 Å². The summed E-state index contributed by atoms with van der Waals surface area (Å²) in [5, 5.41) is 0. The number of piperazine rings is 1. The number of hydrogen-bond donors (Lipinski definition) is 0. The Morgan fingerprint density at radius 2 is 1.19 bits per heavy atom. The van der Waals surface area contributed by atoms with Gasteiger partial charge in [-0.15, -0.1) is 0 Å². The Bertz CT molecular complexity index is 535. The zero-order valence-electron chi connectivity index (χ0n) is 13.7. The van der Waals surface area contributed by atoms with Gasteiger partial charge in [-0.05, 0) is 19.1 Å². The van der Waals surface area contributed by atoms with Crippen molar-refractivity contribution in [3.8, 4) is 0 Å². The number of aryl methyl sites for hydroxylation is 1. The minimum absolute atomic E-state index is 0.178. The molecule has 2 rings (SSSR count).